The molecule has 0 aliphatic carbocycles. The highest BCUT2D eigenvalue weighted by Crippen LogP contribution is 2.33. The summed E-state index contributed by atoms with van der Waals surface area (Å²) in [6, 6.07) is 8.14. The normalized spacial score (nSPS) is 18.1. The predicted octanol–water partition coefficient (Wildman–Crippen LogP) is 3.70. The molecule has 0 unspecified atom stereocenters. The minimum atomic E-state index is -2.61. The summed E-state index contributed by atoms with van der Waals surface area (Å²) < 4.78 is 47.6. The third kappa shape index (κ3) is 5.33. The molecule has 1 aliphatic rings. The number of aryl methyl sites for hydroxylation is 1. The Morgan fingerprint density at radius 2 is 2.13 bits per heavy atom. The Bertz CT molecular complexity index is 1040. The number of hydrogen-bond donors (Lipinski definition) is 2. The summed E-state index contributed by atoms with van der Waals surface area (Å²) in [7, 11) is 0. The number of alkyl halides is 3. The molecule has 3 N–H and O–H groups in total. The standard InChI is InChI=1S/C21H21F3N4O3/c1-12-6-15(30-11-17(23)24)10-26-18(12)19(29)27-14-5-3-4-13(7-14)21(2)8-16(9-22)31-20(25)28-21/h3-8,10,17H,9,11H2,1-2H3,(H2,25,28)(H,27,29)/t21-/m0/s1. The van der Waals surface area contributed by atoms with Crippen LogP contribution in [0.2, 0.25) is 0 Å². The molecule has 3 rings (SSSR count). The number of amides is 1. The van der Waals surface area contributed by atoms with Gasteiger partial charge in [0.25, 0.3) is 18.4 Å². The van der Waals surface area contributed by atoms with E-state index < -0.39 is 31.2 Å². The molecule has 7 nitrogen and oxygen atoms in total. The maximum Gasteiger partial charge on any atom is 0.288 e. The number of pyridine rings is 1. The predicted molar refractivity (Wildman–Crippen MR) is 109 cm³/mol. The largest absolute Gasteiger partial charge is 0.486 e. The van der Waals surface area contributed by atoms with Crippen LogP contribution in [0.25, 0.3) is 0 Å². The molecule has 164 valence electrons. The van der Waals surface area contributed by atoms with Gasteiger partial charge >= 0.3 is 0 Å². The van der Waals surface area contributed by atoms with Crippen LogP contribution in [0.15, 0.2) is 53.4 Å². The number of nitrogens with two attached hydrogens (primary N) is 1. The summed E-state index contributed by atoms with van der Waals surface area (Å²) >= 11 is 0. The summed E-state index contributed by atoms with van der Waals surface area (Å²) in [5.74, 6) is -0.289. The highest BCUT2D eigenvalue weighted by atomic mass is 19.3. The second kappa shape index (κ2) is 9.07. The monoisotopic (exact) mass is 434 g/mol. The number of ether oxygens (including phenoxy) is 2. The highest BCUT2D eigenvalue weighted by molar-refractivity contribution is 6.03. The van der Waals surface area contributed by atoms with Crippen LogP contribution in [0, 0.1) is 6.92 Å². The number of aromatic nitrogens is 1. The molecule has 0 radical (unpaired) electrons. The van der Waals surface area contributed by atoms with Crippen LogP contribution in [-0.4, -0.2) is 36.6 Å². The van der Waals surface area contributed by atoms with Gasteiger partial charge in [0.2, 0.25) is 0 Å². The van der Waals surface area contributed by atoms with Gasteiger partial charge in [-0.2, -0.15) is 0 Å². The zero-order valence-electron chi connectivity index (χ0n) is 16.9. The van der Waals surface area contributed by atoms with Gasteiger partial charge in [0.15, 0.2) is 0 Å². The molecule has 1 atom stereocenters. The van der Waals surface area contributed by atoms with Gasteiger partial charge in [-0.3, -0.25) is 4.79 Å². The molecule has 0 spiro atoms. The molecule has 0 fully saturated rings. The van der Waals surface area contributed by atoms with E-state index in [1.54, 1.807) is 38.1 Å². The smallest absolute Gasteiger partial charge is 0.288 e. The lowest BCUT2D eigenvalue weighted by molar-refractivity contribution is 0.0816. The number of benzene rings is 1. The minimum absolute atomic E-state index is 0.0541. The third-order valence-electron chi connectivity index (χ3n) is 4.50. The van der Waals surface area contributed by atoms with Crippen molar-refractivity contribution < 1.29 is 27.4 Å². The average Bonchev–Trinajstić information content (AvgIpc) is 2.71. The molecule has 31 heavy (non-hydrogen) atoms. The maximum absolute atomic E-state index is 13.1. The summed E-state index contributed by atoms with van der Waals surface area (Å²) in [6.45, 7) is 1.78. The number of nitrogens with one attached hydrogen (secondary N) is 1. The number of aliphatic imine (C=N–C) groups is 1. The van der Waals surface area contributed by atoms with Gasteiger partial charge in [-0.15, -0.1) is 0 Å². The first-order chi connectivity index (χ1) is 14.7. The zero-order valence-corrected chi connectivity index (χ0v) is 16.9. The van der Waals surface area contributed by atoms with Crippen molar-refractivity contribution in [3.8, 4) is 5.75 Å². The molecule has 1 amide bonds. The summed E-state index contributed by atoms with van der Waals surface area (Å²) in [5, 5.41) is 2.73. The summed E-state index contributed by atoms with van der Waals surface area (Å²) in [5.41, 5.74) is 6.39. The topological polar surface area (TPSA) is 98.8 Å². The van der Waals surface area contributed by atoms with E-state index in [1.165, 1.54) is 18.3 Å². The van der Waals surface area contributed by atoms with Crippen LogP contribution in [0.5, 0.6) is 5.75 Å². The number of carbonyl (C=O) groups excluding carboxylic acids is 1. The van der Waals surface area contributed by atoms with E-state index in [-0.39, 0.29) is 23.2 Å². The van der Waals surface area contributed by atoms with Crippen LogP contribution in [-0.2, 0) is 10.3 Å². The Kier molecular flexibility index (Phi) is 6.47. The number of allylic oxidation sites excluding steroid dienone is 1. The van der Waals surface area contributed by atoms with Crippen LogP contribution < -0.4 is 15.8 Å². The lowest BCUT2D eigenvalue weighted by Crippen LogP contribution is -2.30. The Morgan fingerprint density at radius 3 is 2.81 bits per heavy atom. The number of halogens is 3. The molecule has 2 heterocycles. The first kappa shape index (κ1) is 22.1. The molecule has 1 aromatic carbocycles. The number of rotatable bonds is 7. The average molecular weight is 434 g/mol. The van der Waals surface area contributed by atoms with E-state index in [0.29, 0.717) is 16.8 Å². The highest BCUT2D eigenvalue weighted by Gasteiger charge is 2.30. The number of carbonyl (C=O) groups is 1. The lowest BCUT2D eigenvalue weighted by atomic mass is 9.91. The summed E-state index contributed by atoms with van der Waals surface area (Å²) in [6.07, 6.45) is 0.127. The SMILES string of the molecule is Cc1cc(OCC(F)F)cnc1C(=O)Nc1cccc([C@]2(C)C=C(CF)OC(N)=N2)c1. The molecule has 1 aromatic heterocycles. The van der Waals surface area contributed by atoms with Gasteiger partial charge < -0.3 is 20.5 Å². The molecule has 1 aliphatic heterocycles. The Balaban J connectivity index is 1.79. The molecule has 0 saturated heterocycles. The first-order valence-corrected chi connectivity index (χ1v) is 9.30. The van der Waals surface area contributed by atoms with Gasteiger partial charge in [0.1, 0.15) is 36.0 Å². The van der Waals surface area contributed by atoms with E-state index in [2.05, 4.69) is 15.3 Å². The molecule has 0 bridgehead atoms. The van der Waals surface area contributed by atoms with Gasteiger partial charge in [0, 0.05) is 5.69 Å². The van der Waals surface area contributed by atoms with Crippen molar-refractivity contribution >= 4 is 17.6 Å². The number of hydrogen-bond acceptors (Lipinski definition) is 6. The molecule has 2 aromatic rings. The van der Waals surface area contributed by atoms with E-state index in [9.17, 15) is 18.0 Å². The second-order valence-corrected chi connectivity index (χ2v) is 7.02. The van der Waals surface area contributed by atoms with Crippen LogP contribution in [0.4, 0.5) is 18.9 Å². The van der Waals surface area contributed by atoms with E-state index >= 15 is 0 Å². The van der Waals surface area contributed by atoms with Crippen molar-refractivity contribution in [2.75, 3.05) is 18.6 Å². The van der Waals surface area contributed by atoms with Crippen LogP contribution in [0.3, 0.4) is 0 Å². The van der Waals surface area contributed by atoms with Gasteiger partial charge in [-0.25, -0.2) is 23.1 Å². The van der Waals surface area contributed by atoms with Crippen molar-refractivity contribution in [2.45, 2.75) is 25.8 Å². The quantitative estimate of drug-likeness (QED) is 0.692. The summed E-state index contributed by atoms with van der Waals surface area (Å²) in [4.78, 5) is 20.9. The maximum atomic E-state index is 13.1. The Hall–Kier alpha value is -3.56. The fourth-order valence-electron chi connectivity index (χ4n) is 3.10. The molecule has 0 saturated carbocycles. The molecular weight excluding hydrogens is 413 g/mol. The van der Waals surface area contributed by atoms with Crippen molar-refractivity contribution in [3.63, 3.8) is 0 Å². The lowest BCUT2D eigenvalue weighted by Gasteiger charge is -2.27. The van der Waals surface area contributed by atoms with Crippen LogP contribution in [0.1, 0.15) is 28.5 Å². The van der Waals surface area contributed by atoms with E-state index in [4.69, 9.17) is 15.2 Å². The van der Waals surface area contributed by atoms with Crippen molar-refractivity contribution in [2.24, 2.45) is 10.7 Å². The molecule has 10 heteroatoms. The van der Waals surface area contributed by atoms with E-state index in [0.717, 1.165) is 0 Å². The van der Waals surface area contributed by atoms with Crippen LogP contribution >= 0.6 is 0 Å². The number of anilines is 1. The number of nitrogens with zero attached hydrogens (tertiary/aromatic N) is 2. The minimum Gasteiger partial charge on any atom is -0.486 e. The third-order valence-corrected chi connectivity index (χ3v) is 4.50. The fraction of sp³-hybridized carbons (Fsp3) is 0.286. The van der Waals surface area contributed by atoms with Gasteiger partial charge in [0.05, 0.1) is 6.20 Å². The van der Waals surface area contributed by atoms with Crippen molar-refractivity contribution in [3.05, 3.63) is 65.2 Å². The Labute approximate surface area is 176 Å². The Morgan fingerprint density at radius 1 is 1.35 bits per heavy atom. The van der Waals surface area contributed by atoms with Crippen molar-refractivity contribution in [1.29, 1.82) is 0 Å². The first-order valence-electron chi connectivity index (χ1n) is 9.30. The molecular formula is C21H21F3N4O3. The fourth-order valence-corrected chi connectivity index (χ4v) is 3.10. The van der Waals surface area contributed by atoms with Gasteiger partial charge in [-0.05, 0) is 49.2 Å². The van der Waals surface area contributed by atoms with Gasteiger partial charge in [-0.1, -0.05) is 12.1 Å². The van der Waals surface area contributed by atoms with Crippen molar-refractivity contribution in [1.82, 2.24) is 4.98 Å². The number of amidine groups is 1. The zero-order chi connectivity index (χ0) is 22.6. The second-order valence-electron chi connectivity index (χ2n) is 7.02. The van der Waals surface area contributed by atoms with E-state index in [1.807, 2.05) is 0 Å².